The van der Waals surface area contributed by atoms with Crippen molar-refractivity contribution in [3.8, 4) is 0 Å². The monoisotopic (exact) mass is 164 g/mol. The zero-order valence-corrected chi connectivity index (χ0v) is 7.89. The van der Waals surface area contributed by atoms with Gasteiger partial charge in [0.2, 0.25) is 0 Å². The second-order valence-corrected chi connectivity index (χ2v) is 3.51. The van der Waals surface area contributed by atoms with Crippen LogP contribution in [0.4, 0.5) is 0 Å². The van der Waals surface area contributed by atoms with Gasteiger partial charge in [0.05, 0.1) is 5.41 Å². The van der Waals surface area contributed by atoms with Gasteiger partial charge in [0, 0.05) is 0 Å². The molecule has 0 N–H and O–H groups in total. The van der Waals surface area contributed by atoms with E-state index in [1.807, 2.05) is 6.92 Å². The van der Waals surface area contributed by atoms with Crippen LogP contribution in [0, 0.1) is 5.41 Å². The van der Waals surface area contributed by atoms with Crippen molar-refractivity contribution in [1.82, 2.24) is 0 Å². The van der Waals surface area contributed by atoms with Crippen LogP contribution in [0.5, 0.6) is 0 Å². The number of carbonyl (C=O) groups is 1. The Hall–Kier alpha value is -0.850. The maximum atomic E-state index is 11.5. The van der Waals surface area contributed by atoms with Gasteiger partial charge in [-0.3, -0.25) is 4.79 Å². The summed E-state index contributed by atoms with van der Waals surface area (Å²) in [5.74, 6) is 0.228. The third-order valence-corrected chi connectivity index (χ3v) is 2.91. The standard InChI is InChI=1S/C11H16O/c1-4-11(10(3)12)8-6-5-7-9(11)2/h4,7H,1,5-6,8H2,2-3H3. The van der Waals surface area contributed by atoms with Crippen LogP contribution >= 0.6 is 0 Å². The number of hydrogen-bond donors (Lipinski definition) is 0. The molecule has 1 heteroatoms. The van der Waals surface area contributed by atoms with Crippen LogP contribution in [0.15, 0.2) is 24.3 Å². The maximum absolute atomic E-state index is 11.5. The van der Waals surface area contributed by atoms with E-state index in [1.165, 1.54) is 5.57 Å². The lowest BCUT2D eigenvalue weighted by Crippen LogP contribution is -2.29. The first kappa shape index (κ1) is 9.24. The molecule has 0 fully saturated rings. The second-order valence-electron chi connectivity index (χ2n) is 3.51. The van der Waals surface area contributed by atoms with Gasteiger partial charge in [0.1, 0.15) is 5.78 Å². The largest absolute Gasteiger partial charge is 0.299 e. The van der Waals surface area contributed by atoms with E-state index >= 15 is 0 Å². The summed E-state index contributed by atoms with van der Waals surface area (Å²) in [5, 5.41) is 0. The van der Waals surface area contributed by atoms with Gasteiger partial charge in [-0.25, -0.2) is 0 Å². The summed E-state index contributed by atoms with van der Waals surface area (Å²) in [4.78, 5) is 11.5. The molecule has 1 nitrogen and oxygen atoms in total. The highest BCUT2D eigenvalue weighted by Crippen LogP contribution is 2.39. The topological polar surface area (TPSA) is 17.1 Å². The quantitative estimate of drug-likeness (QED) is 0.573. The van der Waals surface area contributed by atoms with E-state index in [9.17, 15) is 4.79 Å². The molecule has 66 valence electrons. The van der Waals surface area contributed by atoms with Crippen LogP contribution in [0.3, 0.4) is 0 Å². The maximum Gasteiger partial charge on any atom is 0.143 e. The van der Waals surface area contributed by atoms with Gasteiger partial charge >= 0.3 is 0 Å². The normalized spacial score (nSPS) is 29.3. The molecule has 0 aromatic rings. The first-order chi connectivity index (χ1) is 5.63. The Balaban J connectivity index is 3.06. The number of ketones is 1. The van der Waals surface area contributed by atoms with E-state index in [4.69, 9.17) is 0 Å². The van der Waals surface area contributed by atoms with Crippen molar-refractivity contribution in [3.63, 3.8) is 0 Å². The van der Waals surface area contributed by atoms with Gasteiger partial charge < -0.3 is 0 Å². The molecule has 0 saturated heterocycles. The number of allylic oxidation sites excluding steroid dienone is 3. The summed E-state index contributed by atoms with van der Waals surface area (Å²) in [6, 6.07) is 0. The molecular weight excluding hydrogens is 148 g/mol. The minimum absolute atomic E-state index is 0.228. The molecule has 12 heavy (non-hydrogen) atoms. The highest BCUT2D eigenvalue weighted by atomic mass is 16.1. The first-order valence-corrected chi connectivity index (χ1v) is 4.45. The smallest absolute Gasteiger partial charge is 0.143 e. The van der Waals surface area contributed by atoms with Gasteiger partial charge in [0.25, 0.3) is 0 Å². The lowest BCUT2D eigenvalue weighted by Gasteiger charge is -2.32. The lowest BCUT2D eigenvalue weighted by molar-refractivity contribution is -0.123. The molecule has 0 radical (unpaired) electrons. The molecule has 0 amide bonds. The van der Waals surface area contributed by atoms with E-state index in [0.29, 0.717) is 0 Å². The Bertz CT molecular complexity index is 237. The first-order valence-electron chi connectivity index (χ1n) is 4.45. The zero-order valence-electron chi connectivity index (χ0n) is 7.89. The molecule has 1 atom stereocenters. The van der Waals surface area contributed by atoms with Gasteiger partial charge in [-0.2, -0.15) is 0 Å². The molecule has 0 spiro atoms. The second kappa shape index (κ2) is 3.26. The van der Waals surface area contributed by atoms with Crippen LogP contribution < -0.4 is 0 Å². The van der Waals surface area contributed by atoms with Crippen LogP contribution in [-0.4, -0.2) is 5.78 Å². The van der Waals surface area contributed by atoms with E-state index in [0.717, 1.165) is 19.3 Å². The fourth-order valence-corrected chi connectivity index (χ4v) is 1.94. The number of hydrogen-bond acceptors (Lipinski definition) is 1. The molecule has 0 aliphatic heterocycles. The average molecular weight is 164 g/mol. The van der Waals surface area contributed by atoms with Crippen molar-refractivity contribution in [1.29, 1.82) is 0 Å². The molecule has 1 aliphatic rings. The SMILES string of the molecule is C=CC1(C(C)=O)CCCC=C1C. The van der Waals surface area contributed by atoms with Crippen LogP contribution in [-0.2, 0) is 4.79 Å². The molecule has 0 heterocycles. The van der Waals surface area contributed by atoms with Gasteiger partial charge in [-0.1, -0.05) is 17.7 Å². The van der Waals surface area contributed by atoms with E-state index < -0.39 is 0 Å². The van der Waals surface area contributed by atoms with E-state index in [-0.39, 0.29) is 11.2 Å². The van der Waals surface area contributed by atoms with E-state index in [1.54, 1.807) is 13.0 Å². The van der Waals surface area contributed by atoms with Gasteiger partial charge in [-0.15, -0.1) is 6.58 Å². The van der Waals surface area contributed by atoms with Crippen molar-refractivity contribution >= 4 is 5.78 Å². The van der Waals surface area contributed by atoms with Crippen molar-refractivity contribution in [3.05, 3.63) is 24.3 Å². The van der Waals surface area contributed by atoms with Crippen LogP contribution in [0.2, 0.25) is 0 Å². The summed E-state index contributed by atoms with van der Waals surface area (Å²) in [6.07, 6.45) is 7.11. The Morgan fingerprint density at radius 3 is 2.75 bits per heavy atom. The third-order valence-electron chi connectivity index (χ3n) is 2.91. The summed E-state index contributed by atoms with van der Waals surface area (Å²) < 4.78 is 0. The van der Waals surface area contributed by atoms with Crippen LogP contribution in [0.1, 0.15) is 33.1 Å². The average Bonchev–Trinajstić information content (AvgIpc) is 2.05. The fraction of sp³-hybridized carbons (Fsp3) is 0.545. The molecule has 1 rings (SSSR count). The van der Waals surface area contributed by atoms with Crippen molar-refractivity contribution in [2.75, 3.05) is 0 Å². The highest BCUT2D eigenvalue weighted by Gasteiger charge is 2.34. The third kappa shape index (κ3) is 1.24. The lowest BCUT2D eigenvalue weighted by atomic mass is 9.70. The number of rotatable bonds is 2. The van der Waals surface area contributed by atoms with Crippen molar-refractivity contribution in [2.45, 2.75) is 33.1 Å². The summed E-state index contributed by atoms with van der Waals surface area (Å²) in [6.45, 7) is 7.45. The van der Waals surface area contributed by atoms with Crippen LogP contribution in [0.25, 0.3) is 0 Å². The predicted octanol–water partition coefficient (Wildman–Crippen LogP) is 2.88. The fourth-order valence-electron chi connectivity index (χ4n) is 1.94. The molecular formula is C11H16O. The zero-order chi connectivity index (χ0) is 9.19. The molecule has 0 saturated carbocycles. The molecule has 0 aromatic heterocycles. The Morgan fingerprint density at radius 1 is 1.75 bits per heavy atom. The van der Waals surface area contributed by atoms with Crippen molar-refractivity contribution in [2.24, 2.45) is 5.41 Å². The van der Waals surface area contributed by atoms with Crippen molar-refractivity contribution < 1.29 is 4.79 Å². The number of carbonyl (C=O) groups excluding carboxylic acids is 1. The summed E-state index contributed by atoms with van der Waals surface area (Å²) in [7, 11) is 0. The van der Waals surface area contributed by atoms with Gasteiger partial charge in [0.15, 0.2) is 0 Å². The molecule has 0 bridgehead atoms. The van der Waals surface area contributed by atoms with E-state index in [2.05, 4.69) is 12.7 Å². The Morgan fingerprint density at radius 2 is 2.42 bits per heavy atom. The number of Topliss-reactive ketones (excluding diaryl/α,β-unsaturated/α-hetero) is 1. The Labute approximate surface area is 74.2 Å². The minimum Gasteiger partial charge on any atom is -0.299 e. The molecule has 1 aliphatic carbocycles. The summed E-state index contributed by atoms with van der Waals surface area (Å²) >= 11 is 0. The predicted molar refractivity (Wildman–Crippen MR) is 50.9 cm³/mol. The minimum atomic E-state index is -0.335. The molecule has 1 unspecified atom stereocenters. The summed E-state index contributed by atoms with van der Waals surface area (Å²) in [5.41, 5.74) is 0.842. The van der Waals surface area contributed by atoms with Gasteiger partial charge in [-0.05, 0) is 33.1 Å². The molecule has 0 aromatic carbocycles. The highest BCUT2D eigenvalue weighted by molar-refractivity contribution is 5.87. The Kier molecular flexibility index (Phi) is 2.51.